The van der Waals surface area contributed by atoms with E-state index in [9.17, 15) is 10.1 Å². The van der Waals surface area contributed by atoms with E-state index in [1.165, 1.54) is 6.07 Å². The minimum Gasteiger partial charge on any atom is -0.378 e. The van der Waals surface area contributed by atoms with Crippen molar-refractivity contribution in [1.82, 2.24) is 4.98 Å². The summed E-state index contributed by atoms with van der Waals surface area (Å²) >= 11 is 3.12. The van der Waals surface area contributed by atoms with Crippen molar-refractivity contribution >= 4 is 27.4 Å². The minimum atomic E-state index is -0.554. The SMILES string of the molecule is Cc1cc([N+](=O)[O-])c(N)nc1Br. The maximum atomic E-state index is 10.4. The summed E-state index contributed by atoms with van der Waals surface area (Å²) in [7, 11) is 0. The van der Waals surface area contributed by atoms with Gasteiger partial charge >= 0.3 is 5.69 Å². The molecule has 0 bridgehead atoms. The molecule has 12 heavy (non-hydrogen) atoms. The molecule has 0 aliphatic heterocycles. The van der Waals surface area contributed by atoms with Crippen LogP contribution in [0.4, 0.5) is 11.5 Å². The lowest BCUT2D eigenvalue weighted by atomic mass is 10.3. The Labute approximate surface area is 76.9 Å². The molecule has 0 aromatic carbocycles. The van der Waals surface area contributed by atoms with Gasteiger partial charge in [0, 0.05) is 6.07 Å². The third-order valence-corrected chi connectivity index (χ3v) is 2.16. The van der Waals surface area contributed by atoms with E-state index in [0.717, 1.165) is 0 Å². The van der Waals surface area contributed by atoms with E-state index in [2.05, 4.69) is 20.9 Å². The molecule has 0 spiro atoms. The summed E-state index contributed by atoms with van der Waals surface area (Å²) < 4.78 is 0.533. The summed E-state index contributed by atoms with van der Waals surface area (Å²) in [5.41, 5.74) is 5.84. The largest absolute Gasteiger partial charge is 0.378 e. The first kappa shape index (κ1) is 8.92. The predicted molar refractivity (Wildman–Crippen MR) is 47.7 cm³/mol. The number of hydrogen-bond acceptors (Lipinski definition) is 4. The van der Waals surface area contributed by atoms with E-state index in [0.29, 0.717) is 10.2 Å². The summed E-state index contributed by atoms with van der Waals surface area (Å²) in [6, 6.07) is 1.38. The highest BCUT2D eigenvalue weighted by molar-refractivity contribution is 9.10. The molecule has 5 nitrogen and oxygen atoms in total. The third-order valence-electron chi connectivity index (χ3n) is 1.36. The normalized spacial score (nSPS) is 9.83. The van der Waals surface area contributed by atoms with Crippen LogP contribution in [0, 0.1) is 17.0 Å². The van der Waals surface area contributed by atoms with Gasteiger partial charge in [0.2, 0.25) is 5.82 Å². The number of aryl methyl sites for hydroxylation is 1. The zero-order valence-corrected chi connectivity index (χ0v) is 7.83. The zero-order chi connectivity index (χ0) is 9.30. The molecule has 1 aromatic heterocycles. The van der Waals surface area contributed by atoms with E-state index in [-0.39, 0.29) is 11.5 Å². The van der Waals surface area contributed by atoms with Crippen LogP contribution >= 0.6 is 15.9 Å². The first-order valence-corrected chi connectivity index (χ1v) is 3.88. The molecule has 0 fully saturated rings. The standard InChI is InChI=1S/C6H6BrN3O2/c1-3-2-4(10(11)12)6(8)9-5(3)7/h2H,1H3,(H2,8,9). The van der Waals surface area contributed by atoms with Crippen LogP contribution in [0.15, 0.2) is 10.7 Å². The molecule has 2 N–H and O–H groups in total. The summed E-state index contributed by atoms with van der Waals surface area (Å²) in [6.07, 6.45) is 0. The van der Waals surface area contributed by atoms with Crippen molar-refractivity contribution in [1.29, 1.82) is 0 Å². The van der Waals surface area contributed by atoms with Crippen LogP contribution in [-0.4, -0.2) is 9.91 Å². The Balaban J connectivity index is 3.33. The summed E-state index contributed by atoms with van der Waals surface area (Å²) in [5.74, 6) is -0.0718. The molecule has 0 saturated heterocycles. The van der Waals surface area contributed by atoms with Crippen LogP contribution in [0.3, 0.4) is 0 Å². The third kappa shape index (κ3) is 1.53. The Morgan fingerprint density at radius 1 is 1.75 bits per heavy atom. The quantitative estimate of drug-likeness (QED) is 0.453. The molecule has 6 heteroatoms. The monoisotopic (exact) mass is 231 g/mol. The predicted octanol–water partition coefficient (Wildman–Crippen LogP) is 1.64. The van der Waals surface area contributed by atoms with E-state index in [1.54, 1.807) is 6.92 Å². The summed E-state index contributed by atoms with van der Waals surface area (Å²) in [4.78, 5) is 13.5. The number of halogens is 1. The Hall–Kier alpha value is -1.17. The topological polar surface area (TPSA) is 82.0 Å². The van der Waals surface area contributed by atoms with Crippen molar-refractivity contribution in [3.8, 4) is 0 Å². The summed E-state index contributed by atoms with van der Waals surface area (Å²) in [6.45, 7) is 1.71. The van der Waals surface area contributed by atoms with Gasteiger partial charge in [-0.1, -0.05) is 0 Å². The van der Waals surface area contributed by atoms with E-state index >= 15 is 0 Å². The van der Waals surface area contributed by atoms with Crippen LogP contribution in [0.25, 0.3) is 0 Å². The average molecular weight is 232 g/mol. The number of nitrogens with two attached hydrogens (primary N) is 1. The fraction of sp³-hybridized carbons (Fsp3) is 0.167. The van der Waals surface area contributed by atoms with Gasteiger partial charge in [0.25, 0.3) is 0 Å². The van der Waals surface area contributed by atoms with Crippen molar-refractivity contribution in [3.05, 3.63) is 26.3 Å². The van der Waals surface area contributed by atoms with Gasteiger partial charge in [0.1, 0.15) is 4.60 Å². The molecular weight excluding hydrogens is 226 g/mol. The van der Waals surface area contributed by atoms with Crippen molar-refractivity contribution in [2.24, 2.45) is 0 Å². The van der Waals surface area contributed by atoms with Gasteiger partial charge < -0.3 is 5.73 Å². The number of rotatable bonds is 1. The molecule has 0 aliphatic carbocycles. The fourth-order valence-corrected chi connectivity index (χ4v) is 1.04. The Morgan fingerprint density at radius 3 is 2.83 bits per heavy atom. The Kier molecular flexibility index (Phi) is 2.27. The lowest BCUT2D eigenvalue weighted by molar-refractivity contribution is -0.384. The second-order valence-electron chi connectivity index (χ2n) is 2.26. The van der Waals surface area contributed by atoms with Crippen LogP contribution < -0.4 is 5.73 Å². The maximum Gasteiger partial charge on any atom is 0.311 e. The van der Waals surface area contributed by atoms with E-state index < -0.39 is 4.92 Å². The van der Waals surface area contributed by atoms with Crippen molar-refractivity contribution in [3.63, 3.8) is 0 Å². The average Bonchev–Trinajstić information content (AvgIpc) is 1.96. The van der Waals surface area contributed by atoms with Gasteiger partial charge in [-0.2, -0.15) is 0 Å². The van der Waals surface area contributed by atoms with Gasteiger partial charge in [-0.15, -0.1) is 0 Å². The molecule has 64 valence electrons. The number of pyridine rings is 1. The molecular formula is C6H6BrN3O2. The molecule has 0 aliphatic rings. The van der Waals surface area contributed by atoms with Crippen LogP contribution in [0.2, 0.25) is 0 Å². The van der Waals surface area contributed by atoms with Crippen LogP contribution in [-0.2, 0) is 0 Å². The van der Waals surface area contributed by atoms with Gasteiger partial charge in [-0.05, 0) is 28.4 Å². The molecule has 0 unspecified atom stereocenters. The van der Waals surface area contributed by atoms with Crippen LogP contribution in [0.1, 0.15) is 5.56 Å². The molecule has 0 atom stereocenters. The lowest BCUT2D eigenvalue weighted by Crippen LogP contribution is -1.99. The second-order valence-corrected chi connectivity index (χ2v) is 3.01. The highest BCUT2D eigenvalue weighted by atomic mass is 79.9. The molecule has 1 heterocycles. The zero-order valence-electron chi connectivity index (χ0n) is 6.24. The molecule has 0 amide bonds. The fourth-order valence-electron chi connectivity index (χ4n) is 0.736. The number of nitrogens with zero attached hydrogens (tertiary/aromatic N) is 2. The van der Waals surface area contributed by atoms with E-state index in [1.807, 2.05) is 0 Å². The van der Waals surface area contributed by atoms with Gasteiger partial charge in [-0.3, -0.25) is 10.1 Å². The van der Waals surface area contributed by atoms with Crippen LogP contribution in [0.5, 0.6) is 0 Å². The number of hydrogen-bond donors (Lipinski definition) is 1. The smallest absolute Gasteiger partial charge is 0.311 e. The molecule has 1 rings (SSSR count). The Bertz CT molecular complexity index is 340. The Morgan fingerprint density at radius 2 is 2.33 bits per heavy atom. The highest BCUT2D eigenvalue weighted by Gasteiger charge is 2.14. The molecule has 0 saturated carbocycles. The number of aromatic nitrogens is 1. The first-order chi connectivity index (χ1) is 5.52. The minimum absolute atomic E-state index is 0.0718. The number of nitrogen functional groups attached to an aromatic ring is 1. The lowest BCUT2D eigenvalue weighted by Gasteiger charge is -1.99. The molecule has 1 aromatic rings. The first-order valence-electron chi connectivity index (χ1n) is 3.09. The summed E-state index contributed by atoms with van der Waals surface area (Å²) in [5, 5.41) is 10.4. The van der Waals surface area contributed by atoms with Crippen molar-refractivity contribution in [2.45, 2.75) is 6.92 Å². The number of nitro groups is 1. The highest BCUT2D eigenvalue weighted by Crippen LogP contribution is 2.24. The van der Waals surface area contributed by atoms with Crippen molar-refractivity contribution in [2.75, 3.05) is 5.73 Å². The maximum absolute atomic E-state index is 10.4. The number of anilines is 1. The van der Waals surface area contributed by atoms with Crippen molar-refractivity contribution < 1.29 is 4.92 Å². The second kappa shape index (κ2) is 3.06. The molecule has 0 radical (unpaired) electrons. The van der Waals surface area contributed by atoms with Gasteiger partial charge in [0.05, 0.1) is 4.92 Å². The van der Waals surface area contributed by atoms with Gasteiger partial charge in [-0.25, -0.2) is 4.98 Å². The van der Waals surface area contributed by atoms with E-state index in [4.69, 9.17) is 5.73 Å². The van der Waals surface area contributed by atoms with Gasteiger partial charge in [0.15, 0.2) is 0 Å².